The summed E-state index contributed by atoms with van der Waals surface area (Å²) in [7, 11) is 5.33. The third-order valence-electron chi connectivity index (χ3n) is 1.20. The van der Waals surface area contributed by atoms with Crippen molar-refractivity contribution < 1.29 is 4.43 Å². The second-order valence-corrected chi connectivity index (χ2v) is 4.83. The Balaban J connectivity index is 3.41. The summed E-state index contributed by atoms with van der Waals surface area (Å²) in [6.45, 7) is 2.19. The van der Waals surface area contributed by atoms with E-state index >= 15 is 0 Å². The van der Waals surface area contributed by atoms with Crippen LogP contribution in [0.15, 0.2) is 0 Å². The van der Waals surface area contributed by atoms with Crippen LogP contribution in [0, 0.1) is 0 Å². The highest BCUT2D eigenvalue weighted by Gasteiger charge is 2.12. The summed E-state index contributed by atoms with van der Waals surface area (Å²) in [4.78, 5) is 0. The predicted molar refractivity (Wildman–Crippen MR) is 41.5 cm³/mol. The molecule has 0 fully saturated rings. The summed E-state index contributed by atoms with van der Waals surface area (Å²) in [6, 6.07) is 1.22. The monoisotopic (exact) mass is 146 g/mol. The van der Waals surface area contributed by atoms with Gasteiger partial charge in [-0.25, -0.2) is 0 Å². The minimum atomic E-state index is -0.619. The fourth-order valence-corrected chi connectivity index (χ4v) is 2.17. The predicted octanol–water partition coefficient (Wildman–Crippen LogP) is 1.09. The molecule has 0 bridgehead atoms. The first-order chi connectivity index (χ1) is 4.22. The molecule has 0 N–H and O–H groups in total. The fraction of sp³-hybridized carbons (Fsp3) is 1.00. The zero-order valence-electron chi connectivity index (χ0n) is 6.77. The van der Waals surface area contributed by atoms with Crippen LogP contribution in [0.3, 0.4) is 0 Å². The van der Waals surface area contributed by atoms with Crippen LogP contribution in [0.1, 0.15) is 13.3 Å². The van der Waals surface area contributed by atoms with E-state index in [-0.39, 0.29) is 0 Å². The lowest BCUT2D eigenvalue weighted by Crippen LogP contribution is -2.34. The highest BCUT2D eigenvalue weighted by molar-refractivity contribution is 6.48. The van der Waals surface area contributed by atoms with Gasteiger partial charge >= 0.3 is 9.20 Å². The highest BCUT2D eigenvalue weighted by atomic mass is 28.3. The first kappa shape index (κ1) is 9.14. The third kappa shape index (κ3) is 3.67. The molecule has 0 spiro atoms. The van der Waals surface area contributed by atoms with Gasteiger partial charge in [0.05, 0.1) is 0 Å². The van der Waals surface area contributed by atoms with Crippen LogP contribution in [0.25, 0.3) is 0 Å². The fourth-order valence-electron chi connectivity index (χ4n) is 0.722. The zero-order valence-corrected chi connectivity index (χ0v) is 7.77. The van der Waals surface area contributed by atoms with Gasteiger partial charge in [0.2, 0.25) is 0 Å². The summed E-state index contributed by atoms with van der Waals surface area (Å²) >= 11 is 0. The molecule has 9 heavy (non-hydrogen) atoms. The first-order valence-electron chi connectivity index (χ1n) is 3.29. The zero-order chi connectivity index (χ0) is 7.28. The normalized spacial score (nSPS) is 11.3. The van der Waals surface area contributed by atoms with Crippen molar-refractivity contribution in [2.24, 2.45) is 0 Å². The van der Waals surface area contributed by atoms with E-state index in [0.29, 0.717) is 0 Å². The van der Waals surface area contributed by atoms with Crippen molar-refractivity contribution in [2.75, 3.05) is 21.2 Å². The molecule has 0 aromatic heterocycles. The van der Waals surface area contributed by atoms with Gasteiger partial charge in [0.15, 0.2) is 0 Å². The lowest BCUT2D eigenvalue weighted by molar-refractivity contribution is 0.361. The van der Waals surface area contributed by atoms with Crippen molar-refractivity contribution in [1.82, 2.24) is 4.57 Å². The molecular weight excluding hydrogens is 130 g/mol. The Morgan fingerprint density at radius 3 is 2.11 bits per heavy atom. The summed E-state index contributed by atoms with van der Waals surface area (Å²) in [5.74, 6) is 0. The van der Waals surface area contributed by atoms with E-state index in [1.807, 2.05) is 0 Å². The molecule has 55 valence electrons. The standard InChI is InChI=1S/C6H16NOSi/c1-5-6-9(8-4)7(2)3/h5-6H2,1-4H3. The minimum Gasteiger partial charge on any atom is -0.406 e. The Kier molecular flexibility index (Phi) is 5.04. The lowest BCUT2D eigenvalue weighted by Gasteiger charge is -2.17. The molecule has 2 nitrogen and oxygen atoms in total. The summed E-state index contributed by atoms with van der Waals surface area (Å²) in [5.41, 5.74) is 0. The number of hydrogen-bond acceptors (Lipinski definition) is 2. The van der Waals surface area contributed by atoms with Crippen molar-refractivity contribution in [3.63, 3.8) is 0 Å². The van der Waals surface area contributed by atoms with Crippen molar-refractivity contribution in [1.29, 1.82) is 0 Å². The second-order valence-electron chi connectivity index (χ2n) is 2.24. The van der Waals surface area contributed by atoms with Gasteiger partial charge in [-0.15, -0.1) is 0 Å². The maximum Gasteiger partial charge on any atom is 0.304 e. The van der Waals surface area contributed by atoms with E-state index in [0.717, 1.165) is 0 Å². The summed E-state index contributed by atoms with van der Waals surface area (Å²) < 4.78 is 7.47. The number of nitrogens with zero attached hydrogens (tertiary/aromatic N) is 1. The minimum absolute atomic E-state index is 0.619. The molecule has 0 saturated carbocycles. The van der Waals surface area contributed by atoms with Crippen molar-refractivity contribution in [3.05, 3.63) is 0 Å². The van der Waals surface area contributed by atoms with Crippen molar-refractivity contribution in [2.45, 2.75) is 19.4 Å². The average Bonchev–Trinajstić information content (AvgIpc) is 1.82. The summed E-state index contributed by atoms with van der Waals surface area (Å²) in [5, 5.41) is 0. The molecule has 0 aliphatic carbocycles. The summed E-state index contributed by atoms with van der Waals surface area (Å²) in [6.07, 6.45) is 1.22. The Bertz CT molecular complexity index is 68.1. The smallest absolute Gasteiger partial charge is 0.304 e. The van der Waals surface area contributed by atoms with Gasteiger partial charge < -0.3 is 8.99 Å². The molecule has 0 atom stereocenters. The molecule has 0 unspecified atom stereocenters. The van der Waals surface area contributed by atoms with Crippen LogP contribution in [-0.2, 0) is 4.43 Å². The van der Waals surface area contributed by atoms with E-state index < -0.39 is 9.20 Å². The number of rotatable bonds is 4. The molecule has 1 radical (unpaired) electrons. The largest absolute Gasteiger partial charge is 0.406 e. The van der Waals surface area contributed by atoms with Crippen LogP contribution in [0.4, 0.5) is 0 Å². The molecule has 0 saturated heterocycles. The number of hydrogen-bond donors (Lipinski definition) is 0. The lowest BCUT2D eigenvalue weighted by atomic mass is 10.6. The van der Waals surface area contributed by atoms with E-state index in [9.17, 15) is 0 Å². The molecular formula is C6H16NOSi. The van der Waals surface area contributed by atoms with Crippen molar-refractivity contribution >= 4 is 9.20 Å². The van der Waals surface area contributed by atoms with E-state index in [4.69, 9.17) is 4.43 Å². The Hall–Kier alpha value is 0.137. The Morgan fingerprint density at radius 1 is 1.44 bits per heavy atom. The average molecular weight is 146 g/mol. The van der Waals surface area contributed by atoms with Gasteiger partial charge in [-0.2, -0.15) is 0 Å². The van der Waals surface area contributed by atoms with Crippen LogP contribution in [0.5, 0.6) is 0 Å². The second kappa shape index (κ2) is 4.96. The van der Waals surface area contributed by atoms with Gasteiger partial charge in [-0.3, -0.25) is 0 Å². The molecule has 0 aliphatic heterocycles. The first-order valence-corrected chi connectivity index (χ1v) is 4.85. The molecule has 0 heterocycles. The van der Waals surface area contributed by atoms with Crippen LogP contribution >= 0.6 is 0 Å². The van der Waals surface area contributed by atoms with Gasteiger partial charge in [-0.05, 0) is 20.1 Å². The SMILES string of the molecule is CCC[Si](OC)N(C)C. The molecule has 0 aliphatic rings. The molecule has 0 amide bonds. The maximum atomic E-state index is 5.28. The van der Waals surface area contributed by atoms with Gasteiger partial charge in [0, 0.05) is 7.11 Å². The maximum absolute atomic E-state index is 5.28. The molecule has 0 aromatic carbocycles. The molecule has 0 aromatic rings. The van der Waals surface area contributed by atoms with Crippen molar-refractivity contribution in [3.8, 4) is 0 Å². The van der Waals surface area contributed by atoms with Gasteiger partial charge in [0.1, 0.15) is 0 Å². The topological polar surface area (TPSA) is 12.5 Å². The van der Waals surface area contributed by atoms with Crippen LogP contribution in [0.2, 0.25) is 6.04 Å². The molecule has 3 heteroatoms. The highest BCUT2D eigenvalue weighted by Crippen LogP contribution is 1.98. The van der Waals surface area contributed by atoms with Gasteiger partial charge in [0.25, 0.3) is 0 Å². The third-order valence-corrected chi connectivity index (χ3v) is 3.59. The van der Waals surface area contributed by atoms with E-state index in [2.05, 4.69) is 25.6 Å². The van der Waals surface area contributed by atoms with E-state index in [1.165, 1.54) is 12.5 Å². The molecule has 0 rings (SSSR count). The van der Waals surface area contributed by atoms with Crippen LogP contribution < -0.4 is 0 Å². The Morgan fingerprint density at radius 2 is 2.00 bits per heavy atom. The quantitative estimate of drug-likeness (QED) is 0.551. The Labute approximate surface area is 59.6 Å². The van der Waals surface area contributed by atoms with Gasteiger partial charge in [-0.1, -0.05) is 13.3 Å². The van der Waals surface area contributed by atoms with Crippen LogP contribution in [-0.4, -0.2) is 35.0 Å². The van der Waals surface area contributed by atoms with E-state index in [1.54, 1.807) is 7.11 Å².